The molecule has 4 nitrogen and oxygen atoms in total. The molecule has 0 aliphatic heterocycles. The first-order chi connectivity index (χ1) is 8.60. The van der Waals surface area contributed by atoms with Crippen LogP contribution in [0.3, 0.4) is 0 Å². The number of nitrogens with two attached hydrogens (primary N) is 1. The predicted octanol–water partition coefficient (Wildman–Crippen LogP) is 1.14. The topological polar surface area (TPSA) is 72.5 Å². The van der Waals surface area contributed by atoms with Crippen LogP contribution < -0.4 is 5.73 Å². The maximum Gasteiger partial charge on any atom is 0.317 e. The minimum Gasteiger partial charge on any atom is -0.468 e. The average molecular weight is 251 g/mol. The van der Waals surface area contributed by atoms with Crippen molar-refractivity contribution in [1.82, 2.24) is 0 Å². The number of rotatable bonds is 6. The van der Waals surface area contributed by atoms with Gasteiger partial charge in [0.05, 0.1) is 7.11 Å². The number of ether oxygens (including phenoxy) is 1. The molecule has 0 aliphatic carbocycles. The van der Waals surface area contributed by atoms with Crippen LogP contribution in [0.15, 0.2) is 24.3 Å². The van der Waals surface area contributed by atoms with Crippen LogP contribution in [0.25, 0.3) is 0 Å². The van der Waals surface area contributed by atoms with E-state index in [0.29, 0.717) is 12.8 Å². The first-order valence-electron chi connectivity index (χ1n) is 6.07. The van der Waals surface area contributed by atoms with E-state index in [9.17, 15) is 4.79 Å². The molecule has 3 N–H and O–H groups in total. The van der Waals surface area contributed by atoms with E-state index in [4.69, 9.17) is 15.6 Å². The van der Waals surface area contributed by atoms with Crippen molar-refractivity contribution in [3.63, 3.8) is 0 Å². The van der Waals surface area contributed by atoms with Crippen molar-refractivity contribution in [3.05, 3.63) is 35.4 Å². The Kier molecular flexibility index (Phi) is 5.31. The maximum absolute atomic E-state index is 12.1. The van der Waals surface area contributed by atoms with Gasteiger partial charge in [0, 0.05) is 13.2 Å². The van der Waals surface area contributed by atoms with Gasteiger partial charge in [-0.25, -0.2) is 0 Å². The van der Waals surface area contributed by atoms with E-state index in [1.165, 1.54) is 7.11 Å². The third kappa shape index (κ3) is 2.89. The quantitative estimate of drug-likeness (QED) is 0.744. The molecule has 1 unspecified atom stereocenters. The molecule has 18 heavy (non-hydrogen) atoms. The number of aryl methyl sites for hydroxylation is 1. The van der Waals surface area contributed by atoms with Crippen LogP contribution in [-0.4, -0.2) is 31.3 Å². The molecular formula is C14H21NO3. The Labute approximate surface area is 108 Å². The van der Waals surface area contributed by atoms with E-state index in [2.05, 4.69) is 0 Å². The predicted molar refractivity (Wildman–Crippen MR) is 70.2 cm³/mol. The molecule has 0 radical (unpaired) electrons. The minimum absolute atomic E-state index is 0.0323. The van der Waals surface area contributed by atoms with Crippen molar-refractivity contribution in [1.29, 1.82) is 0 Å². The molecule has 0 spiro atoms. The highest BCUT2D eigenvalue weighted by molar-refractivity contribution is 5.83. The number of hydrogen-bond donors (Lipinski definition) is 2. The summed E-state index contributed by atoms with van der Waals surface area (Å²) in [6.45, 7) is 2.17. The van der Waals surface area contributed by atoms with Crippen LogP contribution in [0, 0.1) is 6.92 Å². The third-order valence-corrected chi connectivity index (χ3v) is 3.26. The number of benzene rings is 1. The van der Waals surface area contributed by atoms with Crippen molar-refractivity contribution in [2.75, 3.05) is 20.3 Å². The molecule has 0 amide bonds. The van der Waals surface area contributed by atoms with Gasteiger partial charge in [0.25, 0.3) is 0 Å². The molecule has 0 heterocycles. The van der Waals surface area contributed by atoms with Gasteiger partial charge in [-0.05, 0) is 25.3 Å². The molecule has 0 aliphatic rings. The lowest BCUT2D eigenvalue weighted by molar-refractivity contribution is -0.147. The average Bonchev–Trinajstić information content (AvgIpc) is 2.39. The number of aliphatic hydroxyl groups is 1. The normalized spacial score (nSPS) is 14.0. The van der Waals surface area contributed by atoms with Gasteiger partial charge < -0.3 is 15.6 Å². The van der Waals surface area contributed by atoms with Gasteiger partial charge in [-0.2, -0.15) is 0 Å². The van der Waals surface area contributed by atoms with E-state index < -0.39 is 5.41 Å². The van der Waals surface area contributed by atoms with Gasteiger partial charge >= 0.3 is 5.97 Å². The van der Waals surface area contributed by atoms with E-state index in [1.807, 2.05) is 31.2 Å². The molecule has 1 aromatic rings. The molecule has 1 rings (SSSR count). The van der Waals surface area contributed by atoms with E-state index in [0.717, 1.165) is 11.1 Å². The van der Waals surface area contributed by atoms with Crippen molar-refractivity contribution in [2.45, 2.75) is 25.2 Å². The highest BCUT2D eigenvalue weighted by Gasteiger charge is 2.39. The standard InChI is InChI=1S/C14H21NO3/c1-11-5-3-6-12(9-11)14(10-15,7-4-8-16)13(17)18-2/h3,5-6,9,16H,4,7-8,10,15H2,1-2H3. The summed E-state index contributed by atoms with van der Waals surface area (Å²) >= 11 is 0. The van der Waals surface area contributed by atoms with Gasteiger partial charge in [0.15, 0.2) is 0 Å². The second-order valence-corrected chi connectivity index (χ2v) is 4.47. The first-order valence-corrected chi connectivity index (χ1v) is 6.07. The van der Waals surface area contributed by atoms with E-state index in [-0.39, 0.29) is 19.1 Å². The lowest BCUT2D eigenvalue weighted by Crippen LogP contribution is -2.44. The highest BCUT2D eigenvalue weighted by Crippen LogP contribution is 2.30. The van der Waals surface area contributed by atoms with Crippen LogP contribution in [0.5, 0.6) is 0 Å². The molecule has 0 fully saturated rings. The van der Waals surface area contributed by atoms with E-state index in [1.54, 1.807) is 0 Å². The van der Waals surface area contributed by atoms with Crippen molar-refractivity contribution < 1.29 is 14.6 Å². The fourth-order valence-corrected chi connectivity index (χ4v) is 2.19. The molecule has 0 saturated heterocycles. The number of aliphatic hydroxyl groups excluding tert-OH is 1. The van der Waals surface area contributed by atoms with Crippen LogP contribution >= 0.6 is 0 Å². The van der Waals surface area contributed by atoms with Gasteiger partial charge in [-0.3, -0.25) is 4.79 Å². The summed E-state index contributed by atoms with van der Waals surface area (Å²) in [6.07, 6.45) is 0.996. The Bertz CT molecular complexity index is 406. The molecule has 0 bridgehead atoms. The van der Waals surface area contributed by atoms with Crippen LogP contribution in [0.2, 0.25) is 0 Å². The number of methoxy groups -OCH3 is 1. The Morgan fingerprint density at radius 3 is 2.72 bits per heavy atom. The molecular weight excluding hydrogens is 230 g/mol. The zero-order chi connectivity index (χ0) is 13.6. The SMILES string of the molecule is COC(=O)C(CN)(CCCO)c1cccc(C)c1. The Hall–Kier alpha value is -1.39. The van der Waals surface area contributed by atoms with Crippen molar-refractivity contribution in [3.8, 4) is 0 Å². The summed E-state index contributed by atoms with van der Waals surface area (Å²) in [7, 11) is 1.36. The van der Waals surface area contributed by atoms with Crippen molar-refractivity contribution >= 4 is 5.97 Å². The highest BCUT2D eigenvalue weighted by atomic mass is 16.5. The summed E-state index contributed by atoms with van der Waals surface area (Å²) in [6, 6.07) is 7.69. The Balaban J connectivity index is 3.20. The number of carbonyl (C=O) groups is 1. The molecule has 0 saturated carbocycles. The second kappa shape index (κ2) is 6.52. The Morgan fingerprint density at radius 2 is 2.22 bits per heavy atom. The van der Waals surface area contributed by atoms with E-state index >= 15 is 0 Å². The lowest BCUT2D eigenvalue weighted by atomic mass is 9.76. The smallest absolute Gasteiger partial charge is 0.317 e. The largest absolute Gasteiger partial charge is 0.468 e. The van der Waals surface area contributed by atoms with Gasteiger partial charge in [0.1, 0.15) is 5.41 Å². The van der Waals surface area contributed by atoms with Crippen LogP contribution in [0.4, 0.5) is 0 Å². The molecule has 1 atom stereocenters. The monoisotopic (exact) mass is 251 g/mol. The minimum atomic E-state index is -0.858. The zero-order valence-corrected chi connectivity index (χ0v) is 11.0. The van der Waals surface area contributed by atoms with Gasteiger partial charge in [0.2, 0.25) is 0 Å². The van der Waals surface area contributed by atoms with Gasteiger partial charge in [-0.15, -0.1) is 0 Å². The summed E-state index contributed by atoms with van der Waals surface area (Å²) in [4.78, 5) is 12.1. The lowest BCUT2D eigenvalue weighted by Gasteiger charge is -2.30. The molecule has 1 aromatic carbocycles. The first kappa shape index (κ1) is 14.7. The maximum atomic E-state index is 12.1. The Morgan fingerprint density at radius 1 is 1.50 bits per heavy atom. The van der Waals surface area contributed by atoms with Crippen LogP contribution in [-0.2, 0) is 14.9 Å². The fourth-order valence-electron chi connectivity index (χ4n) is 2.19. The van der Waals surface area contributed by atoms with Crippen molar-refractivity contribution in [2.24, 2.45) is 5.73 Å². The van der Waals surface area contributed by atoms with Crippen LogP contribution in [0.1, 0.15) is 24.0 Å². The third-order valence-electron chi connectivity index (χ3n) is 3.26. The number of hydrogen-bond acceptors (Lipinski definition) is 4. The van der Waals surface area contributed by atoms with Gasteiger partial charge in [-0.1, -0.05) is 29.8 Å². The molecule has 4 heteroatoms. The summed E-state index contributed by atoms with van der Waals surface area (Å²) in [5.74, 6) is -0.343. The second-order valence-electron chi connectivity index (χ2n) is 4.47. The summed E-state index contributed by atoms with van der Waals surface area (Å²) in [5, 5.41) is 8.99. The zero-order valence-electron chi connectivity index (χ0n) is 11.0. The summed E-state index contributed by atoms with van der Waals surface area (Å²) in [5.41, 5.74) is 6.89. The molecule has 0 aromatic heterocycles. The fraction of sp³-hybridized carbons (Fsp3) is 0.500. The molecule has 100 valence electrons. The summed E-state index contributed by atoms with van der Waals surface area (Å²) < 4.78 is 4.90. The number of carbonyl (C=O) groups excluding carboxylic acids is 1. The number of esters is 1.